The number of nitrogens with one attached hydrogen (secondary N) is 2. The number of hydrogen-bond acceptors (Lipinski definition) is 4. The normalized spacial score (nSPS) is 10.2. The summed E-state index contributed by atoms with van der Waals surface area (Å²) in [5.41, 5.74) is 4.78. The lowest BCUT2D eigenvalue weighted by Gasteiger charge is -2.07. The molecule has 1 heterocycles. The van der Waals surface area contributed by atoms with Crippen LogP contribution in [0.15, 0.2) is 42.5 Å². The van der Waals surface area contributed by atoms with E-state index >= 15 is 0 Å². The molecule has 2 rings (SSSR count). The third-order valence-corrected chi connectivity index (χ3v) is 3.16. The summed E-state index contributed by atoms with van der Waals surface area (Å²) in [5.74, 6) is 5.48. The molecule has 0 fully saturated rings. The van der Waals surface area contributed by atoms with Crippen LogP contribution in [0.5, 0.6) is 0 Å². The molecule has 0 unspecified atom stereocenters. The maximum Gasteiger partial charge on any atom is 0.274 e. The molecular weight excluding hydrogens is 264 g/mol. The lowest BCUT2D eigenvalue weighted by atomic mass is 10.1. The third kappa shape index (κ3) is 4.29. The van der Waals surface area contributed by atoms with Gasteiger partial charge < -0.3 is 10.7 Å². The molecule has 0 saturated carbocycles. The molecule has 1 aromatic heterocycles. The second-order valence-electron chi connectivity index (χ2n) is 4.81. The van der Waals surface area contributed by atoms with E-state index in [-0.39, 0.29) is 5.91 Å². The molecule has 0 aliphatic carbocycles. The number of carbonyl (C=O) groups excluding carboxylic acids is 1. The van der Waals surface area contributed by atoms with Crippen LogP contribution < -0.4 is 16.6 Å². The summed E-state index contributed by atoms with van der Waals surface area (Å²) in [5, 5.41) is 2.82. The smallest absolute Gasteiger partial charge is 0.274 e. The molecule has 0 aliphatic heterocycles. The minimum atomic E-state index is -0.256. The molecule has 0 bridgehead atoms. The van der Waals surface area contributed by atoms with Crippen molar-refractivity contribution >= 4 is 17.4 Å². The van der Waals surface area contributed by atoms with Gasteiger partial charge in [-0.2, -0.15) is 0 Å². The van der Waals surface area contributed by atoms with Gasteiger partial charge in [0.15, 0.2) is 0 Å². The van der Waals surface area contributed by atoms with E-state index in [1.165, 1.54) is 18.4 Å². The highest BCUT2D eigenvalue weighted by molar-refractivity contribution is 6.03. The Hall–Kier alpha value is -2.40. The van der Waals surface area contributed by atoms with Gasteiger partial charge in [0.2, 0.25) is 0 Å². The van der Waals surface area contributed by atoms with Gasteiger partial charge in [0.05, 0.1) is 0 Å². The number of amides is 1. The number of aromatic nitrogens is 1. The molecule has 0 radical (unpaired) electrons. The minimum Gasteiger partial charge on any atom is -0.321 e. The van der Waals surface area contributed by atoms with Gasteiger partial charge in [0.1, 0.15) is 11.5 Å². The number of nitrogens with two attached hydrogens (primary N) is 1. The topological polar surface area (TPSA) is 80.0 Å². The molecule has 0 atom stereocenters. The fraction of sp³-hybridized carbons (Fsp3) is 0.250. The number of benzene rings is 1. The second kappa shape index (κ2) is 7.40. The monoisotopic (exact) mass is 284 g/mol. The molecule has 5 heteroatoms. The van der Waals surface area contributed by atoms with Crippen molar-refractivity contribution in [3.8, 4) is 0 Å². The van der Waals surface area contributed by atoms with Crippen LogP contribution in [0.3, 0.4) is 0 Å². The summed E-state index contributed by atoms with van der Waals surface area (Å²) in [6, 6.07) is 13.0. The number of nitrogen functional groups attached to an aromatic ring is 1. The number of nitrogens with zero attached hydrogens (tertiary/aromatic N) is 1. The molecule has 110 valence electrons. The summed E-state index contributed by atoms with van der Waals surface area (Å²) in [4.78, 5) is 16.2. The van der Waals surface area contributed by atoms with E-state index in [9.17, 15) is 4.79 Å². The van der Waals surface area contributed by atoms with Gasteiger partial charge in [-0.1, -0.05) is 31.5 Å². The van der Waals surface area contributed by atoms with Crippen LogP contribution >= 0.6 is 0 Å². The molecule has 5 nitrogen and oxygen atoms in total. The Morgan fingerprint density at radius 2 is 1.95 bits per heavy atom. The van der Waals surface area contributed by atoms with E-state index in [1.807, 2.05) is 24.3 Å². The van der Waals surface area contributed by atoms with Crippen LogP contribution in [0, 0.1) is 0 Å². The Labute approximate surface area is 124 Å². The average Bonchev–Trinajstić information content (AvgIpc) is 2.54. The lowest BCUT2D eigenvalue weighted by molar-refractivity contribution is 0.102. The Morgan fingerprint density at radius 1 is 1.19 bits per heavy atom. The standard InChI is InChI=1S/C16H20N4O/c1-2-3-5-12-8-10-13(11-9-12)18-16(21)14-6-4-7-15(19-14)20-17/h4,6-11H,2-3,5,17H2,1H3,(H,18,21)(H,19,20). The summed E-state index contributed by atoms with van der Waals surface area (Å²) < 4.78 is 0. The zero-order valence-corrected chi connectivity index (χ0v) is 12.1. The summed E-state index contributed by atoms with van der Waals surface area (Å²) in [7, 11) is 0. The molecular formula is C16H20N4O. The zero-order valence-electron chi connectivity index (χ0n) is 12.1. The summed E-state index contributed by atoms with van der Waals surface area (Å²) in [6.07, 6.45) is 3.42. The first-order valence-electron chi connectivity index (χ1n) is 7.07. The Balaban J connectivity index is 2.01. The van der Waals surface area contributed by atoms with Crippen LogP contribution in [0.25, 0.3) is 0 Å². The zero-order chi connectivity index (χ0) is 15.1. The Morgan fingerprint density at radius 3 is 2.62 bits per heavy atom. The van der Waals surface area contributed by atoms with E-state index in [4.69, 9.17) is 5.84 Å². The van der Waals surface area contributed by atoms with Crippen LogP contribution in [0.2, 0.25) is 0 Å². The number of hydrazine groups is 1. The molecule has 2 aromatic rings. The Kier molecular flexibility index (Phi) is 5.29. The predicted molar refractivity (Wildman–Crippen MR) is 85.1 cm³/mol. The highest BCUT2D eigenvalue weighted by Crippen LogP contribution is 2.13. The van der Waals surface area contributed by atoms with Gasteiger partial charge >= 0.3 is 0 Å². The van der Waals surface area contributed by atoms with Crippen LogP contribution in [-0.2, 0) is 6.42 Å². The quantitative estimate of drug-likeness (QED) is 0.563. The molecule has 4 N–H and O–H groups in total. The molecule has 1 amide bonds. The van der Waals surface area contributed by atoms with E-state index in [0.29, 0.717) is 11.5 Å². The number of aryl methyl sites for hydroxylation is 1. The lowest BCUT2D eigenvalue weighted by Crippen LogP contribution is -2.16. The number of anilines is 2. The fourth-order valence-corrected chi connectivity index (χ4v) is 1.97. The van der Waals surface area contributed by atoms with Crippen LogP contribution in [0.1, 0.15) is 35.8 Å². The van der Waals surface area contributed by atoms with Gasteiger partial charge in [0, 0.05) is 5.69 Å². The largest absolute Gasteiger partial charge is 0.321 e. The van der Waals surface area contributed by atoms with E-state index in [1.54, 1.807) is 18.2 Å². The number of rotatable bonds is 6. The number of hydrogen-bond donors (Lipinski definition) is 3. The van der Waals surface area contributed by atoms with Gasteiger partial charge in [-0.25, -0.2) is 10.8 Å². The number of carbonyl (C=O) groups is 1. The summed E-state index contributed by atoms with van der Waals surface area (Å²) in [6.45, 7) is 2.17. The van der Waals surface area contributed by atoms with Gasteiger partial charge in [-0.15, -0.1) is 0 Å². The summed E-state index contributed by atoms with van der Waals surface area (Å²) >= 11 is 0. The fourth-order valence-electron chi connectivity index (χ4n) is 1.97. The van der Waals surface area contributed by atoms with Gasteiger partial charge in [-0.3, -0.25) is 4.79 Å². The van der Waals surface area contributed by atoms with E-state index in [2.05, 4.69) is 22.7 Å². The van der Waals surface area contributed by atoms with Crippen molar-refractivity contribution in [3.05, 3.63) is 53.7 Å². The Bertz CT molecular complexity index is 595. The first-order chi connectivity index (χ1) is 10.2. The van der Waals surface area contributed by atoms with Crippen LogP contribution in [-0.4, -0.2) is 10.9 Å². The van der Waals surface area contributed by atoms with Crippen molar-refractivity contribution in [2.45, 2.75) is 26.2 Å². The molecule has 1 aromatic carbocycles. The second-order valence-corrected chi connectivity index (χ2v) is 4.81. The predicted octanol–water partition coefficient (Wildman–Crippen LogP) is 2.96. The number of unbranched alkanes of at least 4 members (excludes halogenated alkanes) is 1. The minimum absolute atomic E-state index is 0.256. The van der Waals surface area contributed by atoms with Crippen molar-refractivity contribution in [2.75, 3.05) is 10.7 Å². The first kappa shape index (κ1) is 15.0. The third-order valence-electron chi connectivity index (χ3n) is 3.16. The van der Waals surface area contributed by atoms with Crippen LogP contribution in [0.4, 0.5) is 11.5 Å². The van der Waals surface area contributed by atoms with Crippen molar-refractivity contribution in [1.29, 1.82) is 0 Å². The van der Waals surface area contributed by atoms with E-state index in [0.717, 1.165) is 12.1 Å². The van der Waals surface area contributed by atoms with E-state index < -0.39 is 0 Å². The molecule has 0 saturated heterocycles. The van der Waals surface area contributed by atoms with Gasteiger partial charge in [-0.05, 0) is 42.7 Å². The SMILES string of the molecule is CCCCc1ccc(NC(=O)c2cccc(NN)n2)cc1. The maximum atomic E-state index is 12.1. The van der Waals surface area contributed by atoms with Crippen molar-refractivity contribution in [2.24, 2.45) is 5.84 Å². The van der Waals surface area contributed by atoms with Gasteiger partial charge in [0.25, 0.3) is 5.91 Å². The number of pyridine rings is 1. The maximum absolute atomic E-state index is 12.1. The molecule has 0 spiro atoms. The van der Waals surface area contributed by atoms with Crippen molar-refractivity contribution in [1.82, 2.24) is 4.98 Å². The van der Waals surface area contributed by atoms with Crippen molar-refractivity contribution in [3.63, 3.8) is 0 Å². The molecule has 21 heavy (non-hydrogen) atoms. The highest BCUT2D eigenvalue weighted by Gasteiger charge is 2.08. The van der Waals surface area contributed by atoms with Crippen molar-refractivity contribution < 1.29 is 4.79 Å². The highest BCUT2D eigenvalue weighted by atomic mass is 16.1. The molecule has 0 aliphatic rings. The average molecular weight is 284 g/mol. The first-order valence-corrected chi connectivity index (χ1v) is 7.07.